The molecule has 1 aliphatic rings. The van der Waals surface area contributed by atoms with E-state index in [-0.39, 0.29) is 0 Å². The van der Waals surface area contributed by atoms with Crippen LogP contribution in [0.1, 0.15) is 36.2 Å². The molecule has 1 aromatic heterocycles. The Hall–Kier alpha value is -1.76. The predicted octanol–water partition coefficient (Wildman–Crippen LogP) is 1.67. The Morgan fingerprint density at radius 1 is 1.39 bits per heavy atom. The molecule has 23 heavy (non-hydrogen) atoms. The zero-order valence-electron chi connectivity index (χ0n) is 13.5. The second-order valence-electron chi connectivity index (χ2n) is 6.14. The van der Waals surface area contributed by atoms with Gasteiger partial charge in [-0.25, -0.2) is 0 Å². The van der Waals surface area contributed by atoms with Crippen LogP contribution in [0.25, 0.3) is 0 Å². The summed E-state index contributed by atoms with van der Waals surface area (Å²) in [6, 6.07) is 10.2. The fraction of sp³-hybridized carbons (Fsp3) is 0.529. The van der Waals surface area contributed by atoms with Crippen molar-refractivity contribution in [2.24, 2.45) is 0 Å². The zero-order valence-corrected chi connectivity index (χ0v) is 13.5. The molecule has 2 heterocycles. The van der Waals surface area contributed by atoms with Gasteiger partial charge in [0, 0.05) is 26.1 Å². The highest BCUT2D eigenvalue weighted by molar-refractivity contribution is 5.17. The van der Waals surface area contributed by atoms with E-state index in [1.807, 2.05) is 37.3 Å². The molecule has 1 fully saturated rings. The highest BCUT2D eigenvalue weighted by Gasteiger charge is 2.21. The van der Waals surface area contributed by atoms with E-state index in [4.69, 9.17) is 4.52 Å². The van der Waals surface area contributed by atoms with E-state index >= 15 is 0 Å². The van der Waals surface area contributed by atoms with Crippen LogP contribution >= 0.6 is 0 Å². The largest absolute Gasteiger partial charge is 0.387 e. The normalized spacial score (nSPS) is 20.5. The lowest BCUT2D eigenvalue weighted by molar-refractivity contribution is 0.142. The van der Waals surface area contributed by atoms with E-state index in [1.54, 1.807) is 0 Å². The van der Waals surface area contributed by atoms with Crippen LogP contribution in [0.3, 0.4) is 0 Å². The second-order valence-corrected chi connectivity index (χ2v) is 6.14. The van der Waals surface area contributed by atoms with Crippen molar-refractivity contribution in [2.75, 3.05) is 19.6 Å². The van der Waals surface area contributed by atoms with Gasteiger partial charge in [0.2, 0.25) is 5.89 Å². The Labute approximate surface area is 136 Å². The van der Waals surface area contributed by atoms with Crippen LogP contribution in [-0.2, 0) is 6.54 Å². The van der Waals surface area contributed by atoms with E-state index in [9.17, 15) is 5.11 Å². The van der Waals surface area contributed by atoms with Crippen LogP contribution < -0.4 is 5.32 Å². The van der Waals surface area contributed by atoms with Crippen LogP contribution in [-0.4, -0.2) is 45.8 Å². The molecule has 1 saturated heterocycles. The van der Waals surface area contributed by atoms with Gasteiger partial charge in [-0.05, 0) is 24.9 Å². The van der Waals surface area contributed by atoms with E-state index in [1.165, 1.54) is 0 Å². The molecule has 0 spiro atoms. The number of benzene rings is 1. The molecule has 0 bridgehead atoms. The van der Waals surface area contributed by atoms with Gasteiger partial charge in [0.15, 0.2) is 5.82 Å². The molecule has 3 rings (SSSR count). The molecular formula is C17H24N4O2. The number of nitrogens with one attached hydrogen (secondary N) is 1. The smallest absolute Gasteiger partial charge is 0.223 e. The molecule has 0 saturated carbocycles. The van der Waals surface area contributed by atoms with Gasteiger partial charge in [0.1, 0.15) is 0 Å². The minimum absolute atomic E-state index is 0.384. The standard InChI is InChI=1S/C17H24N4O2/c1-13-19-17(20-23-13)12-21-9-5-8-15(11-21)18-10-16(22)14-6-3-2-4-7-14/h2-4,6-7,15-16,18,22H,5,8-12H2,1H3/t15-,16-/m1/s1. The Morgan fingerprint density at radius 2 is 2.22 bits per heavy atom. The minimum atomic E-state index is -0.466. The molecule has 1 aliphatic heterocycles. The van der Waals surface area contributed by atoms with Crippen LogP contribution in [0.4, 0.5) is 0 Å². The number of hydrogen-bond donors (Lipinski definition) is 2. The summed E-state index contributed by atoms with van der Waals surface area (Å²) >= 11 is 0. The third kappa shape index (κ3) is 4.60. The summed E-state index contributed by atoms with van der Waals surface area (Å²) < 4.78 is 5.02. The second kappa shape index (κ2) is 7.68. The number of aryl methyl sites for hydroxylation is 1. The highest BCUT2D eigenvalue weighted by Crippen LogP contribution is 2.15. The summed E-state index contributed by atoms with van der Waals surface area (Å²) in [6.07, 6.45) is 1.80. The lowest BCUT2D eigenvalue weighted by Crippen LogP contribution is -2.46. The first-order chi connectivity index (χ1) is 11.2. The van der Waals surface area contributed by atoms with Crippen molar-refractivity contribution in [1.29, 1.82) is 0 Å². The molecule has 1 aromatic carbocycles. The van der Waals surface area contributed by atoms with Crippen LogP contribution in [0.15, 0.2) is 34.9 Å². The lowest BCUT2D eigenvalue weighted by atomic mass is 10.0. The van der Waals surface area contributed by atoms with E-state index < -0.39 is 6.10 Å². The molecular weight excluding hydrogens is 292 g/mol. The van der Waals surface area contributed by atoms with Crippen molar-refractivity contribution < 1.29 is 9.63 Å². The molecule has 2 atom stereocenters. The van der Waals surface area contributed by atoms with Crippen molar-refractivity contribution >= 4 is 0 Å². The van der Waals surface area contributed by atoms with Crippen molar-refractivity contribution in [3.63, 3.8) is 0 Å². The summed E-state index contributed by atoms with van der Waals surface area (Å²) in [5.41, 5.74) is 0.954. The quantitative estimate of drug-likeness (QED) is 0.844. The summed E-state index contributed by atoms with van der Waals surface area (Å²) in [7, 11) is 0. The maximum absolute atomic E-state index is 10.2. The average molecular weight is 316 g/mol. The zero-order chi connectivity index (χ0) is 16.1. The predicted molar refractivity (Wildman–Crippen MR) is 86.7 cm³/mol. The summed E-state index contributed by atoms with van der Waals surface area (Å²) in [5, 5.41) is 17.7. The Kier molecular flexibility index (Phi) is 5.38. The van der Waals surface area contributed by atoms with Gasteiger partial charge < -0.3 is 14.9 Å². The fourth-order valence-corrected chi connectivity index (χ4v) is 3.04. The number of aliphatic hydroxyl groups is 1. The van der Waals surface area contributed by atoms with Gasteiger partial charge in [-0.15, -0.1) is 0 Å². The van der Waals surface area contributed by atoms with Gasteiger partial charge in [0.05, 0.1) is 12.6 Å². The van der Waals surface area contributed by atoms with Crippen LogP contribution in [0.2, 0.25) is 0 Å². The number of likely N-dealkylation sites (tertiary alicyclic amines) is 1. The third-order valence-electron chi connectivity index (χ3n) is 4.22. The highest BCUT2D eigenvalue weighted by atomic mass is 16.5. The third-order valence-corrected chi connectivity index (χ3v) is 4.22. The Bertz CT molecular complexity index is 602. The molecule has 6 heteroatoms. The van der Waals surface area contributed by atoms with E-state index in [0.29, 0.717) is 18.5 Å². The van der Waals surface area contributed by atoms with Gasteiger partial charge in [-0.1, -0.05) is 35.5 Å². The maximum atomic E-state index is 10.2. The van der Waals surface area contributed by atoms with Gasteiger partial charge in [-0.3, -0.25) is 4.90 Å². The van der Waals surface area contributed by atoms with Gasteiger partial charge >= 0.3 is 0 Å². The number of aliphatic hydroxyl groups excluding tert-OH is 1. The lowest BCUT2D eigenvalue weighted by Gasteiger charge is -2.33. The first-order valence-electron chi connectivity index (χ1n) is 8.18. The van der Waals surface area contributed by atoms with Crippen molar-refractivity contribution in [1.82, 2.24) is 20.4 Å². The van der Waals surface area contributed by atoms with Gasteiger partial charge in [-0.2, -0.15) is 4.98 Å². The SMILES string of the molecule is Cc1nc(CN2CCC[C@@H](NC[C@@H](O)c3ccccc3)C2)no1. The van der Waals surface area contributed by atoms with E-state index in [0.717, 1.165) is 43.9 Å². The Morgan fingerprint density at radius 3 is 2.96 bits per heavy atom. The number of rotatable bonds is 6. The summed E-state index contributed by atoms with van der Waals surface area (Å²) in [4.78, 5) is 6.60. The maximum Gasteiger partial charge on any atom is 0.223 e. The molecule has 124 valence electrons. The first kappa shape index (κ1) is 16.1. The van der Waals surface area contributed by atoms with E-state index in [2.05, 4.69) is 20.4 Å². The van der Waals surface area contributed by atoms with Crippen molar-refractivity contribution in [3.05, 3.63) is 47.6 Å². The number of nitrogens with zero attached hydrogens (tertiary/aromatic N) is 3. The molecule has 2 aromatic rings. The number of piperidine rings is 1. The molecule has 0 unspecified atom stereocenters. The fourth-order valence-electron chi connectivity index (χ4n) is 3.04. The molecule has 6 nitrogen and oxygen atoms in total. The van der Waals surface area contributed by atoms with Crippen molar-refractivity contribution in [2.45, 2.75) is 38.5 Å². The summed E-state index contributed by atoms with van der Waals surface area (Å²) in [6.45, 7) is 5.09. The topological polar surface area (TPSA) is 74.4 Å². The number of hydrogen-bond acceptors (Lipinski definition) is 6. The number of aromatic nitrogens is 2. The average Bonchev–Trinajstić information content (AvgIpc) is 2.99. The minimum Gasteiger partial charge on any atom is -0.387 e. The molecule has 0 amide bonds. The summed E-state index contributed by atoms with van der Waals surface area (Å²) in [5.74, 6) is 1.35. The van der Waals surface area contributed by atoms with Crippen molar-refractivity contribution in [3.8, 4) is 0 Å². The monoisotopic (exact) mass is 316 g/mol. The first-order valence-corrected chi connectivity index (χ1v) is 8.18. The molecule has 0 radical (unpaired) electrons. The van der Waals surface area contributed by atoms with Crippen LogP contribution in [0.5, 0.6) is 0 Å². The Balaban J connectivity index is 1.47. The van der Waals surface area contributed by atoms with Crippen LogP contribution in [0, 0.1) is 6.92 Å². The molecule has 0 aliphatic carbocycles. The van der Waals surface area contributed by atoms with Gasteiger partial charge in [0.25, 0.3) is 0 Å². The molecule has 2 N–H and O–H groups in total.